The van der Waals surface area contributed by atoms with Gasteiger partial charge in [-0.05, 0) is 55.6 Å². The highest BCUT2D eigenvalue weighted by molar-refractivity contribution is 8.00. The molecule has 1 aromatic heterocycles. The van der Waals surface area contributed by atoms with E-state index in [0.717, 1.165) is 35.7 Å². The molecule has 9 heteroatoms. The summed E-state index contributed by atoms with van der Waals surface area (Å²) in [5.74, 6) is -0.773. The van der Waals surface area contributed by atoms with Crippen LogP contribution >= 0.6 is 35.3 Å². The van der Waals surface area contributed by atoms with Crippen molar-refractivity contribution in [2.24, 2.45) is 0 Å². The summed E-state index contributed by atoms with van der Waals surface area (Å²) < 4.78 is 8.29. The summed E-state index contributed by atoms with van der Waals surface area (Å²) >= 11 is 8.28. The Hall–Kier alpha value is -1.71. The van der Waals surface area contributed by atoms with E-state index in [4.69, 9.17) is 17.0 Å². The number of rotatable bonds is 6. The molecule has 0 spiro atoms. The Balaban J connectivity index is 1.57. The van der Waals surface area contributed by atoms with E-state index in [-0.39, 0.29) is 18.6 Å². The topological polar surface area (TPSA) is 73.2 Å². The van der Waals surface area contributed by atoms with E-state index in [1.54, 1.807) is 28.9 Å². The highest BCUT2D eigenvalue weighted by Crippen LogP contribution is 2.22. The SMILES string of the molecule is CSc1nn(-c2ccc(C(=O)OCC(=O)NC3CCCC3)cc2)c(=S)s1. The van der Waals surface area contributed by atoms with Crippen LogP contribution in [0, 0.1) is 3.95 Å². The van der Waals surface area contributed by atoms with Crippen LogP contribution in [-0.4, -0.2) is 40.6 Å². The molecule has 138 valence electrons. The Morgan fingerprint density at radius 2 is 2.04 bits per heavy atom. The van der Waals surface area contributed by atoms with Crippen molar-refractivity contribution < 1.29 is 14.3 Å². The minimum Gasteiger partial charge on any atom is -0.452 e. The molecule has 0 bridgehead atoms. The first-order chi connectivity index (χ1) is 12.6. The van der Waals surface area contributed by atoms with Crippen molar-refractivity contribution in [2.45, 2.75) is 36.1 Å². The second kappa shape index (κ2) is 8.79. The molecule has 0 unspecified atom stereocenters. The molecule has 1 N–H and O–H groups in total. The van der Waals surface area contributed by atoms with Crippen molar-refractivity contribution in [3.8, 4) is 5.69 Å². The van der Waals surface area contributed by atoms with E-state index >= 15 is 0 Å². The van der Waals surface area contributed by atoms with E-state index in [0.29, 0.717) is 9.52 Å². The van der Waals surface area contributed by atoms with Crippen LogP contribution in [0.25, 0.3) is 5.69 Å². The zero-order chi connectivity index (χ0) is 18.5. The van der Waals surface area contributed by atoms with Crippen LogP contribution in [0.5, 0.6) is 0 Å². The number of hydrogen-bond donors (Lipinski definition) is 1. The van der Waals surface area contributed by atoms with Gasteiger partial charge in [0, 0.05) is 6.04 Å². The summed E-state index contributed by atoms with van der Waals surface area (Å²) in [5, 5.41) is 7.30. The molecule has 1 aliphatic rings. The van der Waals surface area contributed by atoms with E-state index in [1.807, 2.05) is 6.26 Å². The Morgan fingerprint density at radius 1 is 1.35 bits per heavy atom. The molecular weight excluding hydrogens is 390 g/mol. The first-order valence-corrected chi connectivity index (χ1v) is 10.7. The smallest absolute Gasteiger partial charge is 0.338 e. The molecule has 1 heterocycles. The fourth-order valence-corrected chi connectivity index (χ4v) is 4.58. The number of thioether (sulfide) groups is 1. The molecule has 1 aromatic carbocycles. The van der Waals surface area contributed by atoms with Crippen LogP contribution in [0.2, 0.25) is 0 Å². The summed E-state index contributed by atoms with van der Waals surface area (Å²) in [6, 6.07) is 7.03. The fraction of sp³-hybridized carbons (Fsp3) is 0.412. The van der Waals surface area contributed by atoms with Gasteiger partial charge in [0.1, 0.15) is 0 Å². The number of amides is 1. The molecule has 1 aliphatic carbocycles. The zero-order valence-corrected chi connectivity index (χ0v) is 16.7. The van der Waals surface area contributed by atoms with E-state index in [1.165, 1.54) is 23.1 Å². The molecule has 2 aromatic rings. The number of nitrogens with zero attached hydrogens (tertiary/aromatic N) is 2. The molecule has 26 heavy (non-hydrogen) atoms. The summed E-state index contributed by atoms with van der Waals surface area (Å²) in [5.41, 5.74) is 1.16. The maximum absolute atomic E-state index is 12.1. The van der Waals surface area contributed by atoms with Crippen molar-refractivity contribution in [1.82, 2.24) is 15.1 Å². The highest BCUT2D eigenvalue weighted by Gasteiger charge is 2.18. The lowest BCUT2D eigenvalue weighted by Crippen LogP contribution is -2.35. The molecule has 0 atom stereocenters. The predicted octanol–water partition coefficient (Wildman–Crippen LogP) is 3.60. The number of hydrogen-bond acceptors (Lipinski definition) is 7. The predicted molar refractivity (Wildman–Crippen MR) is 105 cm³/mol. The van der Waals surface area contributed by atoms with Gasteiger partial charge in [0.2, 0.25) is 0 Å². The molecule has 0 aliphatic heterocycles. The van der Waals surface area contributed by atoms with Crippen molar-refractivity contribution in [2.75, 3.05) is 12.9 Å². The van der Waals surface area contributed by atoms with E-state index in [2.05, 4.69) is 10.4 Å². The zero-order valence-electron chi connectivity index (χ0n) is 14.3. The number of benzene rings is 1. The molecule has 1 amide bonds. The molecule has 0 radical (unpaired) electrons. The number of nitrogens with one attached hydrogen (secondary N) is 1. The minimum absolute atomic E-state index is 0.217. The third kappa shape index (κ3) is 4.72. The normalized spacial score (nSPS) is 14.3. The number of esters is 1. The Morgan fingerprint density at radius 3 is 2.65 bits per heavy atom. The summed E-state index contributed by atoms with van der Waals surface area (Å²) in [7, 11) is 0. The number of carbonyl (C=O) groups excluding carboxylic acids is 2. The van der Waals surface area contributed by atoms with Crippen LogP contribution in [0.1, 0.15) is 36.0 Å². The molecule has 3 rings (SSSR count). The first-order valence-electron chi connectivity index (χ1n) is 8.28. The Labute approximate surface area is 164 Å². The average molecular weight is 410 g/mol. The van der Waals surface area contributed by atoms with Gasteiger partial charge in [-0.1, -0.05) is 35.9 Å². The van der Waals surface area contributed by atoms with Crippen LogP contribution in [0.15, 0.2) is 28.6 Å². The van der Waals surface area contributed by atoms with Crippen molar-refractivity contribution in [3.63, 3.8) is 0 Å². The maximum atomic E-state index is 12.1. The average Bonchev–Trinajstić information content (AvgIpc) is 3.29. The van der Waals surface area contributed by atoms with E-state index in [9.17, 15) is 9.59 Å². The van der Waals surface area contributed by atoms with Crippen molar-refractivity contribution in [1.29, 1.82) is 0 Å². The van der Waals surface area contributed by atoms with Gasteiger partial charge in [0.05, 0.1) is 11.3 Å². The third-order valence-electron chi connectivity index (χ3n) is 4.11. The first kappa shape index (κ1) is 19.1. The molecule has 1 fully saturated rings. The number of ether oxygens (including phenoxy) is 1. The van der Waals surface area contributed by atoms with E-state index < -0.39 is 5.97 Å². The quantitative estimate of drug-likeness (QED) is 0.446. The monoisotopic (exact) mass is 409 g/mol. The second-order valence-corrected chi connectivity index (χ2v) is 8.60. The lowest BCUT2D eigenvalue weighted by molar-refractivity contribution is -0.124. The molecule has 6 nitrogen and oxygen atoms in total. The summed E-state index contributed by atoms with van der Waals surface area (Å²) in [6.45, 7) is -0.259. The summed E-state index contributed by atoms with van der Waals surface area (Å²) in [6.07, 6.45) is 6.22. The molecule has 0 saturated heterocycles. The highest BCUT2D eigenvalue weighted by atomic mass is 32.2. The van der Waals surface area contributed by atoms with Gasteiger partial charge in [0.25, 0.3) is 5.91 Å². The lowest BCUT2D eigenvalue weighted by atomic mass is 10.2. The fourth-order valence-electron chi connectivity index (χ4n) is 2.80. The largest absolute Gasteiger partial charge is 0.452 e. The third-order valence-corrected chi connectivity index (χ3v) is 6.31. The van der Waals surface area contributed by atoms with Crippen LogP contribution < -0.4 is 5.32 Å². The number of carbonyl (C=O) groups is 2. The van der Waals surface area contributed by atoms with Gasteiger partial charge in [-0.15, -0.1) is 5.10 Å². The Kier molecular flexibility index (Phi) is 6.44. The molecular formula is C17H19N3O3S3. The van der Waals surface area contributed by atoms with Crippen LogP contribution in [-0.2, 0) is 9.53 Å². The Bertz CT molecular complexity index is 839. The second-order valence-electron chi connectivity index (χ2n) is 5.92. The number of aromatic nitrogens is 2. The van der Waals surface area contributed by atoms with Crippen molar-refractivity contribution in [3.05, 3.63) is 33.8 Å². The standard InChI is InChI=1S/C17H19N3O3S3/c1-25-16-19-20(17(24)26-16)13-8-6-11(7-9-13)15(22)23-10-14(21)18-12-4-2-3-5-12/h6-9,12H,2-5,10H2,1H3,(H,18,21). The maximum Gasteiger partial charge on any atom is 0.338 e. The van der Waals surface area contributed by atoms with Crippen LogP contribution in [0.3, 0.4) is 0 Å². The van der Waals surface area contributed by atoms with Crippen LogP contribution in [0.4, 0.5) is 0 Å². The molecule has 1 saturated carbocycles. The van der Waals surface area contributed by atoms with Crippen molar-refractivity contribution >= 4 is 47.2 Å². The summed E-state index contributed by atoms with van der Waals surface area (Å²) in [4.78, 5) is 23.9. The van der Waals surface area contributed by atoms with Gasteiger partial charge in [-0.25, -0.2) is 9.48 Å². The van der Waals surface area contributed by atoms with Gasteiger partial charge in [-0.2, -0.15) is 0 Å². The van der Waals surface area contributed by atoms with Gasteiger partial charge in [-0.3, -0.25) is 4.79 Å². The minimum atomic E-state index is -0.523. The lowest BCUT2D eigenvalue weighted by Gasteiger charge is -2.12. The van der Waals surface area contributed by atoms with Gasteiger partial charge in [0.15, 0.2) is 14.9 Å². The van der Waals surface area contributed by atoms with Gasteiger partial charge < -0.3 is 10.1 Å². The van der Waals surface area contributed by atoms with Gasteiger partial charge >= 0.3 is 5.97 Å².